The predicted octanol–water partition coefficient (Wildman–Crippen LogP) is 2.49. The summed E-state index contributed by atoms with van der Waals surface area (Å²) in [6.07, 6.45) is 1.53. The first kappa shape index (κ1) is 12.2. The number of nitrogen functional groups attached to an aromatic ring is 1. The molecular formula is C13H13FN2O2. The molecule has 2 aromatic rings. The van der Waals surface area contributed by atoms with Gasteiger partial charge in [0.25, 0.3) is 5.91 Å². The van der Waals surface area contributed by atoms with E-state index in [-0.39, 0.29) is 23.2 Å². The van der Waals surface area contributed by atoms with Crippen molar-refractivity contribution in [1.29, 1.82) is 0 Å². The van der Waals surface area contributed by atoms with Crippen LogP contribution in [0.2, 0.25) is 0 Å². The standard InChI is InChI=1S/C13H13FN2O2/c1-8(12-3-2-6-18-12)16-13(17)9-4-5-11(15)10(14)7-9/h2-8H,15H2,1H3,(H,16,17)/t8-/m1/s1. The number of carbonyl (C=O) groups excluding carboxylic acids is 1. The molecule has 5 heteroatoms. The summed E-state index contributed by atoms with van der Waals surface area (Å²) in [6, 6.07) is 7.16. The number of carbonyl (C=O) groups is 1. The van der Waals surface area contributed by atoms with E-state index in [2.05, 4.69) is 5.32 Å². The minimum Gasteiger partial charge on any atom is -0.467 e. The van der Waals surface area contributed by atoms with Crippen molar-refractivity contribution in [3.63, 3.8) is 0 Å². The molecule has 0 saturated carbocycles. The molecule has 0 fully saturated rings. The van der Waals surface area contributed by atoms with Crippen LogP contribution >= 0.6 is 0 Å². The normalized spacial score (nSPS) is 12.1. The van der Waals surface area contributed by atoms with Gasteiger partial charge >= 0.3 is 0 Å². The molecule has 0 bridgehead atoms. The second kappa shape index (κ2) is 4.91. The van der Waals surface area contributed by atoms with E-state index >= 15 is 0 Å². The van der Waals surface area contributed by atoms with E-state index in [4.69, 9.17) is 10.2 Å². The van der Waals surface area contributed by atoms with E-state index in [0.717, 1.165) is 6.07 Å². The lowest BCUT2D eigenvalue weighted by molar-refractivity contribution is 0.0935. The fourth-order valence-corrected chi connectivity index (χ4v) is 1.56. The summed E-state index contributed by atoms with van der Waals surface area (Å²) in [5.41, 5.74) is 5.59. The molecule has 4 nitrogen and oxygen atoms in total. The van der Waals surface area contributed by atoms with Crippen LogP contribution in [0, 0.1) is 5.82 Å². The van der Waals surface area contributed by atoms with Gasteiger partial charge in [-0.25, -0.2) is 4.39 Å². The zero-order valence-electron chi connectivity index (χ0n) is 9.81. The SMILES string of the molecule is C[C@@H](NC(=O)c1ccc(N)c(F)c1)c1ccco1. The number of hydrogen-bond donors (Lipinski definition) is 2. The first-order valence-corrected chi connectivity index (χ1v) is 5.47. The molecule has 94 valence electrons. The Balaban J connectivity index is 2.10. The summed E-state index contributed by atoms with van der Waals surface area (Å²) in [6.45, 7) is 1.78. The number of anilines is 1. The van der Waals surface area contributed by atoms with Gasteiger partial charge in [0.05, 0.1) is 18.0 Å². The van der Waals surface area contributed by atoms with Crippen LogP contribution in [-0.4, -0.2) is 5.91 Å². The summed E-state index contributed by atoms with van der Waals surface area (Å²) in [5.74, 6) is -0.342. The molecule has 2 rings (SSSR count). The van der Waals surface area contributed by atoms with Gasteiger partial charge in [-0.1, -0.05) is 0 Å². The highest BCUT2D eigenvalue weighted by molar-refractivity contribution is 5.94. The summed E-state index contributed by atoms with van der Waals surface area (Å²) < 4.78 is 18.4. The highest BCUT2D eigenvalue weighted by Gasteiger charge is 2.14. The monoisotopic (exact) mass is 248 g/mol. The molecule has 18 heavy (non-hydrogen) atoms. The zero-order valence-corrected chi connectivity index (χ0v) is 9.81. The average Bonchev–Trinajstić information content (AvgIpc) is 2.86. The van der Waals surface area contributed by atoms with Gasteiger partial charge < -0.3 is 15.5 Å². The summed E-state index contributed by atoms with van der Waals surface area (Å²) in [7, 11) is 0. The Morgan fingerprint density at radius 3 is 2.83 bits per heavy atom. The summed E-state index contributed by atoms with van der Waals surface area (Å²) in [4.78, 5) is 11.9. The van der Waals surface area contributed by atoms with Gasteiger partial charge in [-0.05, 0) is 37.3 Å². The molecule has 1 aromatic carbocycles. The minimum atomic E-state index is -0.603. The lowest BCUT2D eigenvalue weighted by atomic mass is 10.1. The Kier molecular flexibility index (Phi) is 3.32. The van der Waals surface area contributed by atoms with Crippen LogP contribution in [0.5, 0.6) is 0 Å². The van der Waals surface area contributed by atoms with Crippen molar-refractivity contribution < 1.29 is 13.6 Å². The Bertz CT molecular complexity index is 552. The molecular weight excluding hydrogens is 235 g/mol. The van der Waals surface area contributed by atoms with E-state index in [9.17, 15) is 9.18 Å². The quantitative estimate of drug-likeness (QED) is 0.820. The average molecular weight is 248 g/mol. The molecule has 3 N–H and O–H groups in total. The van der Waals surface area contributed by atoms with Gasteiger partial charge in [0.15, 0.2) is 0 Å². The van der Waals surface area contributed by atoms with Crippen molar-refractivity contribution in [3.05, 3.63) is 53.7 Å². The number of rotatable bonds is 3. The van der Waals surface area contributed by atoms with Gasteiger partial charge in [0.2, 0.25) is 0 Å². The van der Waals surface area contributed by atoms with Gasteiger partial charge in [-0.15, -0.1) is 0 Å². The van der Waals surface area contributed by atoms with Crippen LogP contribution in [0.1, 0.15) is 29.1 Å². The summed E-state index contributed by atoms with van der Waals surface area (Å²) in [5, 5.41) is 2.71. The number of furan rings is 1. The fraction of sp³-hybridized carbons (Fsp3) is 0.154. The van der Waals surface area contributed by atoms with E-state index in [1.807, 2.05) is 0 Å². The van der Waals surface area contributed by atoms with Crippen molar-refractivity contribution in [2.45, 2.75) is 13.0 Å². The predicted molar refractivity (Wildman–Crippen MR) is 65.4 cm³/mol. The number of nitrogens with one attached hydrogen (secondary N) is 1. The molecule has 1 amide bonds. The molecule has 0 aliphatic carbocycles. The molecule has 0 aliphatic heterocycles. The second-order valence-corrected chi connectivity index (χ2v) is 3.95. The maximum atomic E-state index is 13.2. The lowest BCUT2D eigenvalue weighted by Crippen LogP contribution is -2.26. The number of hydrogen-bond acceptors (Lipinski definition) is 3. The maximum absolute atomic E-state index is 13.2. The number of benzene rings is 1. The second-order valence-electron chi connectivity index (χ2n) is 3.95. The first-order chi connectivity index (χ1) is 8.58. The van der Waals surface area contributed by atoms with Crippen molar-refractivity contribution >= 4 is 11.6 Å². The van der Waals surface area contributed by atoms with Gasteiger partial charge in [0, 0.05) is 5.56 Å². The maximum Gasteiger partial charge on any atom is 0.251 e. The Morgan fingerprint density at radius 1 is 1.44 bits per heavy atom. The summed E-state index contributed by atoms with van der Waals surface area (Å²) >= 11 is 0. The van der Waals surface area contributed by atoms with Gasteiger partial charge in [-0.2, -0.15) is 0 Å². The number of nitrogens with two attached hydrogens (primary N) is 1. The zero-order chi connectivity index (χ0) is 13.1. The molecule has 0 saturated heterocycles. The Labute approximate surface area is 104 Å². The third-order valence-electron chi connectivity index (χ3n) is 2.58. The van der Waals surface area contributed by atoms with Gasteiger partial charge in [-0.3, -0.25) is 4.79 Å². The van der Waals surface area contributed by atoms with E-state index < -0.39 is 5.82 Å². The molecule has 1 aromatic heterocycles. The molecule has 0 spiro atoms. The highest BCUT2D eigenvalue weighted by Crippen LogP contribution is 2.15. The largest absolute Gasteiger partial charge is 0.467 e. The van der Waals surface area contributed by atoms with Crippen LogP contribution in [-0.2, 0) is 0 Å². The Morgan fingerprint density at radius 2 is 2.22 bits per heavy atom. The first-order valence-electron chi connectivity index (χ1n) is 5.47. The third kappa shape index (κ3) is 2.51. The van der Waals surface area contributed by atoms with Crippen molar-refractivity contribution in [3.8, 4) is 0 Å². The lowest BCUT2D eigenvalue weighted by Gasteiger charge is -2.11. The van der Waals surface area contributed by atoms with Crippen molar-refractivity contribution in [1.82, 2.24) is 5.32 Å². The van der Waals surface area contributed by atoms with Crippen LogP contribution in [0.15, 0.2) is 41.0 Å². The van der Waals surface area contributed by atoms with Crippen LogP contribution < -0.4 is 11.1 Å². The molecule has 1 heterocycles. The topological polar surface area (TPSA) is 68.3 Å². The number of halogens is 1. The van der Waals surface area contributed by atoms with Crippen molar-refractivity contribution in [2.24, 2.45) is 0 Å². The van der Waals surface area contributed by atoms with Crippen LogP contribution in [0.3, 0.4) is 0 Å². The molecule has 0 radical (unpaired) electrons. The van der Waals surface area contributed by atoms with E-state index in [0.29, 0.717) is 5.76 Å². The molecule has 0 aliphatic rings. The smallest absolute Gasteiger partial charge is 0.251 e. The molecule has 1 atom stereocenters. The van der Waals surface area contributed by atoms with Crippen LogP contribution in [0.25, 0.3) is 0 Å². The Hall–Kier alpha value is -2.30. The van der Waals surface area contributed by atoms with Gasteiger partial charge in [0.1, 0.15) is 11.6 Å². The van der Waals surface area contributed by atoms with Crippen molar-refractivity contribution in [2.75, 3.05) is 5.73 Å². The molecule has 0 unspecified atom stereocenters. The van der Waals surface area contributed by atoms with E-state index in [1.165, 1.54) is 18.4 Å². The van der Waals surface area contributed by atoms with Crippen LogP contribution in [0.4, 0.5) is 10.1 Å². The van der Waals surface area contributed by atoms with E-state index in [1.54, 1.807) is 19.1 Å². The fourth-order valence-electron chi connectivity index (χ4n) is 1.56. The minimum absolute atomic E-state index is 0.0191. The number of amides is 1. The highest BCUT2D eigenvalue weighted by atomic mass is 19.1. The third-order valence-corrected chi connectivity index (χ3v) is 2.58.